The van der Waals surface area contributed by atoms with E-state index in [1.165, 1.54) is 0 Å². The molecule has 0 saturated heterocycles. The molecule has 0 aliphatic rings. The summed E-state index contributed by atoms with van der Waals surface area (Å²) in [6, 6.07) is -0.130. The van der Waals surface area contributed by atoms with Gasteiger partial charge in [0.15, 0.2) is 0 Å². The Morgan fingerprint density at radius 1 is 1.36 bits per heavy atom. The summed E-state index contributed by atoms with van der Waals surface area (Å²) in [5, 5.41) is 0. The molecule has 2 atom stereocenters. The highest BCUT2D eigenvalue weighted by atomic mass is 28.3. The molecular weight excluding hydrogens is 294 g/mol. The molecule has 1 amide bonds. The number of hydrogen-bond acceptors (Lipinski definition) is 3. The second-order valence-corrected chi connectivity index (χ2v) is 11.5. The lowest BCUT2D eigenvalue weighted by Gasteiger charge is -2.36. The molecule has 0 bridgehead atoms. The van der Waals surface area contributed by atoms with Crippen molar-refractivity contribution >= 4 is 14.0 Å². The van der Waals surface area contributed by atoms with Gasteiger partial charge in [-0.1, -0.05) is 45.5 Å². The van der Waals surface area contributed by atoms with E-state index in [1.54, 1.807) is 25.0 Å². The molecule has 0 aliphatic heterocycles. The predicted molar refractivity (Wildman–Crippen MR) is 94.1 cm³/mol. The van der Waals surface area contributed by atoms with Gasteiger partial charge in [-0.3, -0.25) is 4.79 Å². The van der Waals surface area contributed by atoms with E-state index >= 15 is 0 Å². The first kappa shape index (κ1) is 20.9. The van der Waals surface area contributed by atoms with Gasteiger partial charge in [0.25, 0.3) is 0 Å². The SMILES string of the molecule is C=CCN(C(C)=O)[C@@H](C(C)C)[C@@H](C#C[Si](C)(C)C)OCOC. The molecule has 0 aromatic rings. The molecule has 0 N–H and O–H groups in total. The van der Waals surface area contributed by atoms with E-state index < -0.39 is 8.07 Å². The first-order chi connectivity index (χ1) is 10.1. The molecule has 0 fully saturated rings. The van der Waals surface area contributed by atoms with Crippen LogP contribution in [0.25, 0.3) is 0 Å². The Bertz CT molecular complexity index is 418. The molecule has 0 aromatic heterocycles. The molecule has 0 heterocycles. The molecule has 0 radical (unpaired) electrons. The first-order valence-corrected chi connectivity index (χ1v) is 11.1. The van der Waals surface area contributed by atoms with E-state index in [1.807, 2.05) is 0 Å². The van der Waals surface area contributed by atoms with Gasteiger partial charge in [-0.15, -0.1) is 12.1 Å². The van der Waals surface area contributed by atoms with Crippen molar-refractivity contribution in [2.45, 2.75) is 52.6 Å². The normalized spacial score (nSPS) is 14.0. The first-order valence-electron chi connectivity index (χ1n) is 7.65. The van der Waals surface area contributed by atoms with E-state index in [9.17, 15) is 4.79 Å². The monoisotopic (exact) mass is 325 g/mol. The lowest BCUT2D eigenvalue weighted by atomic mass is 9.96. The van der Waals surface area contributed by atoms with Crippen LogP contribution in [0, 0.1) is 17.4 Å². The van der Waals surface area contributed by atoms with Crippen LogP contribution in [0.15, 0.2) is 12.7 Å². The number of ether oxygens (including phenoxy) is 2. The number of rotatable bonds is 8. The van der Waals surface area contributed by atoms with Gasteiger partial charge in [-0.2, -0.15) is 0 Å². The third-order valence-electron chi connectivity index (χ3n) is 3.04. The number of carbonyl (C=O) groups excluding carboxylic acids is 1. The highest BCUT2D eigenvalue weighted by molar-refractivity contribution is 6.83. The van der Waals surface area contributed by atoms with Gasteiger partial charge in [0.2, 0.25) is 5.91 Å². The van der Waals surface area contributed by atoms with Crippen LogP contribution in [0.4, 0.5) is 0 Å². The highest BCUT2D eigenvalue weighted by Crippen LogP contribution is 2.18. The zero-order chi connectivity index (χ0) is 17.3. The van der Waals surface area contributed by atoms with Crippen LogP contribution in [0.2, 0.25) is 19.6 Å². The van der Waals surface area contributed by atoms with Crippen LogP contribution in [-0.2, 0) is 14.3 Å². The summed E-state index contributed by atoms with van der Waals surface area (Å²) in [7, 11) is 0.0574. The Morgan fingerprint density at radius 2 is 1.95 bits per heavy atom. The summed E-state index contributed by atoms with van der Waals surface area (Å²) in [5.74, 6) is 3.46. The van der Waals surface area contributed by atoms with Crippen molar-refractivity contribution in [2.75, 3.05) is 20.4 Å². The Morgan fingerprint density at radius 3 is 2.32 bits per heavy atom. The third kappa shape index (κ3) is 7.78. The maximum Gasteiger partial charge on any atom is 0.220 e. The fraction of sp³-hybridized carbons (Fsp3) is 0.706. The summed E-state index contributed by atoms with van der Waals surface area (Å²) < 4.78 is 10.8. The molecule has 0 aromatic carbocycles. The standard InChI is InChI=1S/C17H31NO3Si/c1-9-11-18(15(4)19)17(14(2)3)16(21-13-20-5)10-12-22(6,7)8/h9,14,16-17H,1,11,13H2,2-8H3/t16-,17+/m1/s1. The van der Waals surface area contributed by atoms with Gasteiger partial charge < -0.3 is 14.4 Å². The van der Waals surface area contributed by atoms with E-state index in [-0.39, 0.29) is 30.8 Å². The summed E-state index contributed by atoms with van der Waals surface area (Å²) in [5.41, 5.74) is 3.35. The highest BCUT2D eigenvalue weighted by Gasteiger charge is 2.31. The topological polar surface area (TPSA) is 38.8 Å². The Labute approximate surface area is 136 Å². The van der Waals surface area contributed by atoms with Crippen LogP contribution in [0.3, 0.4) is 0 Å². The zero-order valence-corrected chi connectivity index (χ0v) is 16.1. The number of amides is 1. The van der Waals surface area contributed by atoms with Crippen LogP contribution in [0.1, 0.15) is 20.8 Å². The smallest absolute Gasteiger partial charge is 0.220 e. The Kier molecular flexibility index (Phi) is 9.34. The quantitative estimate of drug-likeness (QED) is 0.298. The second kappa shape index (κ2) is 9.83. The Balaban J connectivity index is 5.57. The fourth-order valence-corrected chi connectivity index (χ4v) is 2.70. The molecule has 126 valence electrons. The van der Waals surface area contributed by atoms with Crippen LogP contribution in [0.5, 0.6) is 0 Å². The van der Waals surface area contributed by atoms with E-state index in [2.05, 4.69) is 51.5 Å². The zero-order valence-electron chi connectivity index (χ0n) is 15.1. The van der Waals surface area contributed by atoms with Gasteiger partial charge in [-0.05, 0) is 5.92 Å². The number of hydrogen-bond donors (Lipinski definition) is 0. The lowest BCUT2D eigenvalue weighted by Crippen LogP contribution is -2.50. The fourth-order valence-electron chi connectivity index (χ4n) is 2.13. The van der Waals surface area contributed by atoms with Crippen molar-refractivity contribution in [3.63, 3.8) is 0 Å². The average Bonchev–Trinajstić information content (AvgIpc) is 2.38. The number of methoxy groups -OCH3 is 1. The van der Waals surface area contributed by atoms with Gasteiger partial charge in [0, 0.05) is 20.6 Å². The molecule has 0 aliphatic carbocycles. The van der Waals surface area contributed by atoms with E-state index in [0.717, 1.165) is 0 Å². The van der Waals surface area contributed by atoms with Crippen molar-refractivity contribution in [1.29, 1.82) is 0 Å². The van der Waals surface area contributed by atoms with Gasteiger partial charge in [0.05, 0.1) is 6.04 Å². The van der Waals surface area contributed by atoms with Gasteiger partial charge in [0.1, 0.15) is 21.0 Å². The maximum absolute atomic E-state index is 12.0. The van der Waals surface area contributed by atoms with Gasteiger partial charge in [-0.25, -0.2) is 0 Å². The van der Waals surface area contributed by atoms with Crippen LogP contribution in [-0.4, -0.2) is 51.5 Å². The molecule has 4 nitrogen and oxygen atoms in total. The van der Waals surface area contributed by atoms with E-state index in [0.29, 0.717) is 6.54 Å². The van der Waals surface area contributed by atoms with Crippen LogP contribution < -0.4 is 0 Å². The van der Waals surface area contributed by atoms with Crippen molar-refractivity contribution in [3.8, 4) is 11.5 Å². The van der Waals surface area contributed by atoms with Gasteiger partial charge >= 0.3 is 0 Å². The average molecular weight is 326 g/mol. The minimum Gasteiger partial charge on any atom is -0.359 e. The summed E-state index contributed by atoms with van der Waals surface area (Å²) in [6.07, 6.45) is 1.37. The molecule has 5 heteroatoms. The Hall–Kier alpha value is -1.09. The largest absolute Gasteiger partial charge is 0.359 e. The van der Waals surface area contributed by atoms with Crippen molar-refractivity contribution in [3.05, 3.63) is 12.7 Å². The molecule has 0 unspecified atom stereocenters. The third-order valence-corrected chi connectivity index (χ3v) is 3.93. The lowest BCUT2D eigenvalue weighted by molar-refractivity contribution is -0.138. The minimum atomic E-state index is -1.53. The number of carbonyl (C=O) groups is 1. The summed E-state index contributed by atoms with van der Waals surface area (Å²) in [4.78, 5) is 13.8. The predicted octanol–water partition coefficient (Wildman–Crippen LogP) is 2.92. The summed E-state index contributed by atoms with van der Waals surface area (Å²) in [6.45, 7) is 16.7. The molecule has 0 saturated carbocycles. The molecule has 22 heavy (non-hydrogen) atoms. The second-order valence-electron chi connectivity index (χ2n) is 6.71. The van der Waals surface area contributed by atoms with Crippen molar-refractivity contribution < 1.29 is 14.3 Å². The molecule has 0 spiro atoms. The van der Waals surface area contributed by atoms with Crippen LogP contribution >= 0.6 is 0 Å². The molecular formula is C17H31NO3Si. The van der Waals surface area contributed by atoms with E-state index in [4.69, 9.17) is 9.47 Å². The maximum atomic E-state index is 12.0. The van der Waals surface area contributed by atoms with Crippen molar-refractivity contribution in [2.24, 2.45) is 5.92 Å². The van der Waals surface area contributed by atoms with Crippen molar-refractivity contribution in [1.82, 2.24) is 4.90 Å². The summed E-state index contributed by atoms with van der Waals surface area (Å²) >= 11 is 0. The number of nitrogens with zero attached hydrogens (tertiary/aromatic N) is 1. The molecule has 0 rings (SSSR count). The minimum absolute atomic E-state index is 0.000537.